The number of aromatic nitrogens is 4. The molecule has 0 aliphatic rings. The maximum absolute atomic E-state index is 12.8. The highest BCUT2D eigenvalue weighted by Gasteiger charge is 2.14. The second-order valence-electron chi connectivity index (χ2n) is 6.51. The van der Waals surface area contributed by atoms with Crippen LogP contribution in [0, 0.1) is 0 Å². The van der Waals surface area contributed by atoms with Gasteiger partial charge in [-0.3, -0.25) is 9.13 Å². The van der Waals surface area contributed by atoms with Crippen LogP contribution in [0.2, 0.25) is 15.1 Å². The maximum Gasteiger partial charge on any atom is 0.328 e. The first kappa shape index (κ1) is 19.1. The van der Waals surface area contributed by atoms with Gasteiger partial charge in [0.2, 0.25) is 0 Å². The van der Waals surface area contributed by atoms with Crippen LogP contribution in [0.4, 0.5) is 0 Å². The Hall–Kier alpha value is -2.21. The van der Waals surface area contributed by atoms with Gasteiger partial charge in [0.15, 0.2) is 0 Å². The lowest BCUT2D eigenvalue weighted by molar-refractivity contribution is 0.646. The van der Waals surface area contributed by atoms with Crippen LogP contribution >= 0.6 is 34.8 Å². The van der Waals surface area contributed by atoms with Gasteiger partial charge >= 0.3 is 5.69 Å². The first-order valence-electron chi connectivity index (χ1n) is 8.82. The van der Waals surface area contributed by atoms with E-state index >= 15 is 0 Å². The van der Waals surface area contributed by atoms with Crippen LogP contribution in [0.3, 0.4) is 0 Å². The first-order valence-corrected chi connectivity index (χ1v) is 9.95. The Kier molecular flexibility index (Phi) is 5.23. The molecule has 0 atom stereocenters. The molecule has 0 amide bonds. The van der Waals surface area contributed by atoms with E-state index in [-0.39, 0.29) is 5.69 Å². The largest absolute Gasteiger partial charge is 0.340 e. The summed E-state index contributed by atoms with van der Waals surface area (Å²) >= 11 is 18.5. The minimum Gasteiger partial charge on any atom is -0.340 e. The van der Waals surface area contributed by atoms with Gasteiger partial charge in [0.25, 0.3) is 0 Å². The molecular formula is C20H17Cl3N4O. The lowest BCUT2D eigenvalue weighted by Crippen LogP contribution is -2.25. The van der Waals surface area contributed by atoms with Gasteiger partial charge in [-0.25, -0.2) is 9.78 Å². The molecule has 5 nitrogen and oxygen atoms in total. The fourth-order valence-electron chi connectivity index (χ4n) is 3.32. The minimum absolute atomic E-state index is 0.0888. The van der Waals surface area contributed by atoms with Crippen LogP contribution < -0.4 is 5.69 Å². The Morgan fingerprint density at radius 3 is 2.64 bits per heavy atom. The van der Waals surface area contributed by atoms with Gasteiger partial charge in [0.1, 0.15) is 11.3 Å². The molecule has 28 heavy (non-hydrogen) atoms. The summed E-state index contributed by atoms with van der Waals surface area (Å²) in [5.74, 6) is 0.675. The summed E-state index contributed by atoms with van der Waals surface area (Å²) in [5.41, 5.74) is 3.26. The van der Waals surface area contributed by atoms with Crippen molar-refractivity contribution in [3.8, 4) is 0 Å². The molecule has 2 aromatic carbocycles. The number of imidazole rings is 2. The number of fused-ring (bicyclic) bond motifs is 1. The third kappa shape index (κ3) is 3.58. The molecule has 4 rings (SSSR count). The predicted molar refractivity (Wildman–Crippen MR) is 114 cm³/mol. The SMILES string of the molecule is CCn1c(Cc2ccc(Cl)cc2Cl)cn(Cc2nc3c(Cl)cccc3[nH]2)c1=O. The third-order valence-electron chi connectivity index (χ3n) is 4.66. The van der Waals surface area contributed by atoms with Crippen molar-refractivity contribution < 1.29 is 0 Å². The van der Waals surface area contributed by atoms with Gasteiger partial charge in [-0.05, 0) is 36.8 Å². The van der Waals surface area contributed by atoms with E-state index in [0.29, 0.717) is 45.9 Å². The Bertz CT molecular complexity index is 1220. The summed E-state index contributed by atoms with van der Waals surface area (Å²) in [6, 6.07) is 11.0. The van der Waals surface area contributed by atoms with E-state index in [4.69, 9.17) is 34.8 Å². The predicted octanol–water partition coefficient (Wildman–Crippen LogP) is 5.15. The zero-order valence-corrected chi connectivity index (χ0v) is 17.3. The summed E-state index contributed by atoms with van der Waals surface area (Å²) in [5, 5.41) is 1.75. The molecular weight excluding hydrogens is 419 g/mol. The smallest absolute Gasteiger partial charge is 0.328 e. The number of para-hydroxylation sites is 1. The number of rotatable bonds is 5. The summed E-state index contributed by atoms with van der Waals surface area (Å²) in [4.78, 5) is 20.6. The van der Waals surface area contributed by atoms with Crippen LogP contribution in [0.15, 0.2) is 47.4 Å². The number of halogens is 3. The zero-order chi connectivity index (χ0) is 19.8. The average molecular weight is 436 g/mol. The number of hydrogen-bond donors (Lipinski definition) is 1. The van der Waals surface area contributed by atoms with E-state index in [9.17, 15) is 4.79 Å². The van der Waals surface area contributed by atoms with Crippen molar-refractivity contribution in [2.75, 3.05) is 0 Å². The minimum atomic E-state index is -0.0888. The summed E-state index contributed by atoms with van der Waals surface area (Å²) in [6.45, 7) is 2.84. The topological polar surface area (TPSA) is 55.6 Å². The average Bonchev–Trinajstić information content (AvgIpc) is 3.19. The molecule has 4 aromatic rings. The molecule has 8 heteroatoms. The van der Waals surface area contributed by atoms with Gasteiger partial charge < -0.3 is 4.98 Å². The normalized spacial score (nSPS) is 11.4. The van der Waals surface area contributed by atoms with Crippen LogP contribution in [0.25, 0.3) is 11.0 Å². The molecule has 0 unspecified atom stereocenters. The second kappa shape index (κ2) is 7.66. The van der Waals surface area contributed by atoms with Crippen LogP contribution in [-0.2, 0) is 19.5 Å². The van der Waals surface area contributed by atoms with Crippen molar-refractivity contribution in [2.45, 2.75) is 26.4 Å². The Morgan fingerprint density at radius 1 is 1.11 bits per heavy atom. The lowest BCUT2D eigenvalue weighted by Gasteiger charge is -2.06. The second-order valence-corrected chi connectivity index (χ2v) is 7.76. The van der Waals surface area contributed by atoms with Gasteiger partial charge in [0, 0.05) is 34.9 Å². The highest BCUT2D eigenvalue weighted by Crippen LogP contribution is 2.24. The maximum atomic E-state index is 12.8. The summed E-state index contributed by atoms with van der Waals surface area (Å²) in [7, 11) is 0. The third-order valence-corrected chi connectivity index (χ3v) is 5.56. The molecule has 0 spiro atoms. The highest BCUT2D eigenvalue weighted by atomic mass is 35.5. The summed E-state index contributed by atoms with van der Waals surface area (Å²) in [6.07, 6.45) is 2.39. The van der Waals surface area contributed by atoms with Crippen LogP contribution in [0.1, 0.15) is 24.0 Å². The van der Waals surface area contributed by atoms with Crippen molar-refractivity contribution in [3.63, 3.8) is 0 Å². The molecule has 0 saturated carbocycles. The van der Waals surface area contributed by atoms with Gasteiger partial charge in [-0.15, -0.1) is 0 Å². The summed E-state index contributed by atoms with van der Waals surface area (Å²) < 4.78 is 3.38. The highest BCUT2D eigenvalue weighted by molar-refractivity contribution is 6.35. The molecule has 0 fully saturated rings. The number of benzene rings is 2. The van der Waals surface area contributed by atoms with Crippen molar-refractivity contribution in [3.05, 3.63) is 85.2 Å². The number of aromatic amines is 1. The number of hydrogen-bond acceptors (Lipinski definition) is 2. The Balaban J connectivity index is 1.68. The van der Waals surface area contributed by atoms with Crippen molar-refractivity contribution >= 4 is 45.8 Å². The Labute approximate surface area is 176 Å². The molecule has 1 N–H and O–H groups in total. The van der Waals surface area contributed by atoms with E-state index in [1.807, 2.05) is 31.3 Å². The molecule has 0 bridgehead atoms. The van der Waals surface area contributed by atoms with Gasteiger partial charge in [-0.1, -0.05) is 46.9 Å². The van der Waals surface area contributed by atoms with E-state index in [1.165, 1.54) is 0 Å². The van der Waals surface area contributed by atoms with Crippen LogP contribution in [0.5, 0.6) is 0 Å². The first-order chi connectivity index (χ1) is 13.5. The van der Waals surface area contributed by atoms with E-state index < -0.39 is 0 Å². The molecule has 144 valence electrons. The molecule has 0 saturated heterocycles. The van der Waals surface area contributed by atoms with Crippen molar-refractivity contribution in [2.24, 2.45) is 0 Å². The number of nitrogens with one attached hydrogen (secondary N) is 1. The fraction of sp³-hybridized carbons (Fsp3) is 0.200. The quantitative estimate of drug-likeness (QED) is 0.471. The van der Waals surface area contributed by atoms with E-state index in [0.717, 1.165) is 16.8 Å². The monoisotopic (exact) mass is 434 g/mol. The standard InChI is InChI=1S/C20H17Cl3N4O/c1-2-27-14(8-12-6-7-13(21)9-16(12)23)10-26(20(27)28)11-18-24-17-5-3-4-15(22)19(17)25-18/h3-7,9-10H,2,8,11H2,1H3,(H,24,25). The lowest BCUT2D eigenvalue weighted by atomic mass is 10.1. The van der Waals surface area contributed by atoms with Crippen molar-refractivity contribution in [1.29, 1.82) is 0 Å². The van der Waals surface area contributed by atoms with Crippen LogP contribution in [-0.4, -0.2) is 19.1 Å². The van der Waals surface area contributed by atoms with Gasteiger partial charge in [-0.2, -0.15) is 0 Å². The number of nitrogens with zero attached hydrogens (tertiary/aromatic N) is 3. The molecule has 2 heterocycles. The molecule has 2 aromatic heterocycles. The molecule has 0 aliphatic carbocycles. The van der Waals surface area contributed by atoms with Crippen molar-refractivity contribution in [1.82, 2.24) is 19.1 Å². The Morgan fingerprint density at radius 2 is 1.93 bits per heavy atom. The van der Waals surface area contributed by atoms with Gasteiger partial charge in [0.05, 0.1) is 17.1 Å². The fourth-order valence-corrected chi connectivity index (χ4v) is 4.01. The number of H-pyrrole nitrogens is 1. The zero-order valence-electron chi connectivity index (χ0n) is 15.0. The molecule has 0 aliphatic heterocycles. The van der Waals surface area contributed by atoms with E-state index in [1.54, 1.807) is 27.3 Å². The molecule has 0 radical (unpaired) electrons. The van der Waals surface area contributed by atoms with E-state index in [2.05, 4.69) is 9.97 Å².